The van der Waals surface area contributed by atoms with Crippen LogP contribution in [0, 0.1) is 0 Å². The second-order valence-electron chi connectivity index (χ2n) is 6.63. The molecule has 0 aliphatic heterocycles. The van der Waals surface area contributed by atoms with Crippen molar-refractivity contribution in [3.8, 4) is 0 Å². The number of fused-ring (bicyclic) bond motifs is 3. The van der Waals surface area contributed by atoms with Crippen molar-refractivity contribution in [1.29, 1.82) is 0 Å². The van der Waals surface area contributed by atoms with E-state index in [0.717, 1.165) is 17.7 Å². The van der Waals surface area contributed by atoms with Crippen molar-refractivity contribution in [2.75, 3.05) is 0 Å². The highest BCUT2D eigenvalue weighted by Crippen LogP contribution is 2.29. The first kappa shape index (κ1) is 18.3. The number of amides is 1. The summed E-state index contributed by atoms with van der Waals surface area (Å²) in [5.41, 5.74) is 6.85. The highest BCUT2D eigenvalue weighted by molar-refractivity contribution is 6.30. The highest BCUT2D eigenvalue weighted by atomic mass is 35.5. The molecule has 0 radical (unpaired) electrons. The van der Waals surface area contributed by atoms with E-state index in [1.54, 1.807) is 18.3 Å². The first-order valence-electron chi connectivity index (χ1n) is 9.23. The molecule has 1 heterocycles. The maximum Gasteiger partial charge on any atom is 0.244 e. The molecule has 4 nitrogen and oxygen atoms in total. The lowest BCUT2D eigenvalue weighted by Crippen LogP contribution is -2.19. The van der Waals surface area contributed by atoms with Gasteiger partial charge in [0.05, 0.1) is 12.6 Å². The Kier molecular flexibility index (Phi) is 5.13. The number of nitrogens with one attached hydrogen (secondary N) is 1. The van der Waals surface area contributed by atoms with E-state index in [4.69, 9.17) is 11.6 Å². The SMILES string of the molecule is CCn1c2ccccc2c2cc(/C=N/NC(=O)Cc3ccc(Cl)cc3)ccc21. The van der Waals surface area contributed by atoms with Gasteiger partial charge in [0.1, 0.15) is 0 Å². The first-order chi connectivity index (χ1) is 13.7. The average molecular weight is 390 g/mol. The van der Waals surface area contributed by atoms with Gasteiger partial charge in [-0.1, -0.05) is 48.0 Å². The second kappa shape index (κ2) is 7.87. The van der Waals surface area contributed by atoms with E-state index in [1.807, 2.05) is 18.2 Å². The molecule has 5 heteroatoms. The smallest absolute Gasteiger partial charge is 0.244 e. The summed E-state index contributed by atoms with van der Waals surface area (Å²) in [7, 11) is 0. The zero-order chi connectivity index (χ0) is 19.5. The van der Waals surface area contributed by atoms with Gasteiger partial charge in [-0.25, -0.2) is 5.43 Å². The van der Waals surface area contributed by atoms with E-state index in [0.29, 0.717) is 5.02 Å². The number of halogens is 1. The lowest BCUT2D eigenvalue weighted by atomic mass is 10.1. The Hall–Kier alpha value is -3.11. The maximum absolute atomic E-state index is 12.1. The van der Waals surface area contributed by atoms with Crippen LogP contribution in [0.1, 0.15) is 18.1 Å². The van der Waals surface area contributed by atoms with E-state index >= 15 is 0 Å². The molecule has 0 spiro atoms. The summed E-state index contributed by atoms with van der Waals surface area (Å²) in [5.74, 6) is -0.165. The number of hydrogen-bond donors (Lipinski definition) is 1. The van der Waals surface area contributed by atoms with Crippen molar-refractivity contribution in [1.82, 2.24) is 9.99 Å². The van der Waals surface area contributed by atoms with Gasteiger partial charge in [-0.05, 0) is 48.4 Å². The first-order valence-corrected chi connectivity index (χ1v) is 9.61. The lowest BCUT2D eigenvalue weighted by Gasteiger charge is -2.03. The van der Waals surface area contributed by atoms with Crippen molar-refractivity contribution < 1.29 is 4.79 Å². The molecule has 4 aromatic rings. The highest BCUT2D eigenvalue weighted by Gasteiger charge is 2.09. The number of hydrazone groups is 1. The number of hydrogen-bond acceptors (Lipinski definition) is 2. The van der Waals surface area contributed by atoms with Crippen LogP contribution in [-0.4, -0.2) is 16.7 Å². The van der Waals surface area contributed by atoms with Crippen molar-refractivity contribution in [2.24, 2.45) is 5.10 Å². The third-order valence-corrected chi connectivity index (χ3v) is 5.05. The number of benzene rings is 3. The van der Waals surface area contributed by atoms with Crippen molar-refractivity contribution in [2.45, 2.75) is 19.9 Å². The number of nitrogens with zero attached hydrogens (tertiary/aromatic N) is 2. The second-order valence-corrected chi connectivity index (χ2v) is 7.07. The van der Waals surface area contributed by atoms with Crippen molar-refractivity contribution >= 4 is 45.5 Å². The molecule has 1 N–H and O–H groups in total. The molecule has 0 aliphatic rings. The number of para-hydroxylation sites is 1. The largest absolute Gasteiger partial charge is 0.341 e. The normalized spacial score (nSPS) is 11.5. The van der Waals surface area contributed by atoms with Crippen molar-refractivity contribution in [3.05, 3.63) is 82.9 Å². The van der Waals surface area contributed by atoms with E-state index in [9.17, 15) is 4.79 Å². The molecule has 28 heavy (non-hydrogen) atoms. The Morgan fingerprint density at radius 3 is 2.57 bits per heavy atom. The van der Waals surface area contributed by atoms with Crippen LogP contribution in [0.5, 0.6) is 0 Å². The summed E-state index contributed by atoms with van der Waals surface area (Å²) in [6.07, 6.45) is 1.94. The minimum Gasteiger partial charge on any atom is -0.341 e. The molecule has 0 aliphatic carbocycles. The molecule has 0 saturated carbocycles. The van der Waals surface area contributed by atoms with Crippen LogP contribution in [0.4, 0.5) is 0 Å². The Morgan fingerprint density at radius 1 is 1.04 bits per heavy atom. The molecule has 140 valence electrons. The van der Waals surface area contributed by atoms with E-state index < -0.39 is 0 Å². The minimum atomic E-state index is -0.165. The molecule has 0 fully saturated rings. The maximum atomic E-state index is 12.1. The molecular formula is C23H20ClN3O. The van der Waals surface area contributed by atoms with Gasteiger partial charge in [-0.15, -0.1) is 0 Å². The van der Waals surface area contributed by atoms with Gasteiger partial charge in [0.25, 0.3) is 0 Å². The predicted octanol–water partition coefficient (Wildman–Crippen LogP) is 5.16. The van der Waals surface area contributed by atoms with Crippen molar-refractivity contribution in [3.63, 3.8) is 0 Å². The van der Waals surface area contributed by atoms with Gasteiger partial charge in [-0.2, -0.15) is 5.10 Å². The number of aryl methyl sites for hydroxylation is 1. The summed E-state index contributed by atoms with van der Waals surface area (Å²) in [4.78, 5) is 12.1. The molecule has 0 bridgehead atoms. The minimum absolute atomic E-state index is 0.165. The Morgan fingerprint density at radius 2 is 1.79 bits per heavy atom. The summed E-state index contributed by atoms with van der Waals surface area (Å²) >= 11 is 5.86. The monoisotopic (exact) mass is 389 g/mol. The number of carbonyl (C=O) groups excluding carboxylic acids is 1. The van der Waals surface area contributed by atoms with Crippen LogP contribution in [0.15, 0.2) is 71.8 Å². The summed E-state index contributed by atoms with van der Waals surface area (Å²) in [6.45, 7) is 3.07. The van der Waals surface area contributed by atoms with Crippen LogP contribution >= 0.6 is 11.6 Å². The third-order valence-electron chi connectivity index (χ3n) is 4.79. The zero-order valence-corrected chi connectivity index (χ0v) is 16.3. The average Bonchev–Trinajstić information content (AvgIpc) is 3.03. The van der Waals surface area contributed by atoms with Gasteiger partial charge >= 0.3 is 0 Å². The molecule has 3 aromatic carbocycles. The van der Waals surface area contributed by atoms with Crippen LogP contribution in [0.25, 0.3) is 21.8 Å². The summed E-state index contributed by atoms with van der Waals surface area (Å²) in [6, 6.07) is 21.8. The Labute approximate surface area is 168 Å². The number of rotatable bonds is 5. The van der Waals surface area contributed by atoms with Gasteiger partial charge < -0.3 is 4.57 Å². The van der Waals surface area contributed by atoms with E-state index in [1.165, 1.54) is 21.8 Å². The molecule has 0 atom stereocenters. The summed E-state index contributed by atoms with van der Waals surface area (Å²) < 4.78 is 2.31. The Balaban J connectivity index is 1.52. The van der Waals surface area contributed by atoms with Crippen LogP contribution in [0.2, 0.25) is 5.02 Å². The standard InChI is InChI=1S/C23H20ClN3O/c1-2-27-21-6-4-3-5-19(21)20-13-17(9-12-22(20)27)15-25-26-23(28)14-16-7-10-18(24)11-8-16/h3-13,15H,2,14H2,1H3,(H,26,28)/b25-15+. The van der Waals surface area contributed by atoms with Gasteiger partial charge in [0.2, 0.25) is 5.91 Å². The third kappa shape index (κ3) is 3.64. The number of aromatic nitrogens is 1. The molecule has 4 rings (SSSR count). The summed E-state index contributed by atoms with van der Waals surface area (Å²) in [5, 5.41) is 7.18. The van der Waals surface area contributed by atoms with Gasteiger partial charge in [-0.3, -0.25) is 4.79 Å². The molecule has 1 amide bonds. The molecular weight excluding hydrogens is 370 g/mol. The predicted molar refractivity (Wildman–Crippen MR) is 116 cm³/mol. The molecule has 0 saturated heterocycles. The fourth-order valence-electron chi connectivity index (χ4n) is 3.50. The molecule has 1 aromatic heterocycles. The van der Waals surface area contributed by atoms with Crippen LogP contribution in [-0.2, 0) is 17.8 Å². The fourth-order valence-corrected chi connectivity index (χ4v) is 3.62. The van der Waals surface area contributed by atoms with Crippen LogP contribution in [0.3, 0.4) is 0 Å². The van der Waals surface area contributed by atoms with Gasteiger partial charge in [0.15, 0.2) is 0 Å². The van der Waals surface area contributed by atoms with E-state index in [-0.39, 0.29) is 12.3 Å². The Bertz CT molecular complexity index is 1180. The topological polar surface area (TPSA) is 46.4 Å². The zero-order valence-electron chi connectivity index (χ0n) is 15.5. The quantitative estimate of drug-likeness (QED) is 0.372. The van der Waals surface area contributed by atoms with Gasteiger partial charge in [0, 0.05) is 33.4 Å². The van der Waals surface area contributed by atoms with Crippen LogP contribution < -0.4 is 5.43 Å². The fraction of sp³-hybridized carbons (Fsp3) is 0.130. The number of carbonyl (C=O) groups is 1. The molecule has 0 unspecified atom stereocenters. The lowest BCUT2D eigenvalue weighted by molar-refractivity contribution is -0.120. The van der Waals surface area contributed by atoms with E-state index in [2.05, 4.69) is 58.4 Å².